The molecule has 5 rings (SSSR count). The number of halogens is 1. The van der Waals surface area contributed by atoms with Crippen LogP contribution in [0, 0.1) is 0 Å². The average Bonchev–Trinajstić information content (AvgIpc) is 3.63. The third kappa shape index (κ3) is 4.61. The maximum Gasteiger partial charge on any atom is 0.346 e. The Morgan fingerprint density at radius 1 is 0.939 bits per heavy atom. The SMILES string of the molecule is O=C(Cn1nc(-c2ccc(Cl)cc2)n(C2CC2)c1=O)NCc1ccccc1-c1ccccc1. The second-order valence-electron chi connectivity index (χ2n) is 8.17. The van der Waals surface area contributed by atoms with Gasteiger partial charge in [-0.15, -0.1) is 5.10 Å². The van der Waals surface area contributed by atoms with E-state index in [9.17, 15) is 9.59 Å². The Morgan fingerprint density at radius 2 is 1.64 bits per heavy atom. The number of amides is 1. The first-order valence-corrected chi connectivity index (χ1v) is 11.3. The third-order valence-corrected chi connectivity index (χ3v) is 6.01. The van der Waals surface area contributed by atoms with Gasteiger partial charge in [0.2, 0.25) is 5.91 Å². The van der Waals surface area contributed by atoms with Crippen LogP contribution in [0.4, 0.5) is 0 Å². The predicted molar refractivity (Wildman–Crippen MR) is 129 cm³/mol. The quantitative estimate of drug-likeness (QED) is 0.437. The Hall–Kier alpha value is -3.64. The van der Waals surface area contributed by atoms with Crippen LogP contribution in [-0.4, -0.2) is 20.3 Å². The molecule has 0 saturated heterocycles. The molecule has 1 N–H and O–H groups in total. The van der Waals surface area contributed by atoms with Crippen LogP contribution in [0.25, 0.3) is 22.5 Å². The lowest BCUT2D eigenvalue weighted by molar-refractivity contribution is -0.122. The second kappa shape index (κ2) is 9.08. The number of nitrogens with zero attached hydrogens (tertiary/aromatic N) is 3. The van der Waals surface area contributed by atoms with Crippen molar-refractivity contribution in [2.75, 3.05) is 0 Å². The zero-order valence-corrected chi connectivity index (χ0v) is 18.7. The van der Waals surface area contributed by atoms with Gasteiger partial charge >= 0.3 is 5.69 Å². The summed E-state index contributed by atoms with van der Waals surface area (Å²) in [4.78, 5) is 25.8. The van der Waals surface area contributed by atoms with Gasteiger partial charge in [0.1, 0.15) is 6.54 Å². The van der Waals surface area contributed by atoms with Crippen molar-refractivity contribution in [3.63, 3.8) is 0 Å². The summed E-state index contributed by atoms with van der Waals surface area (Å²) in [5.74, 6) is 0.310. The van der Waals surface area contributed by atoms with Gasteiger partial charge < -0.3 is 5.32 Å². The number of carbonyl (C=O) groups excluding carboxylic acids is 1. The standard InChI is InChI=1S/C26H23ClN4O2/c27-21-12-10-19(11-13-21)25-29-30(26(33)31(25)22-14-15-22)17-24(32)28-16-20-8-4-5-9-23(20)18-6-2-1-3-7-18/h1-13,22H,14-17H2,(H,28,32). The van der Waals surface area contributed by atoms with E-state index >= 15 is 0 Å². The molecule has 0 atom stereocenters. The van der Waals surface area contributed by atoms with Gasteiger partial charge in [0.15, 0.2) is 5.82 Å². The first-order valence-electron chi connectivity index (χ1n) is 11.0. The van der Waals surface area contributed by atoms with Gasteiger partial charge in [-0.05, 0) is 53.8 Å². The van der Waals surface area contributed by atoms with Crippen LogP contribution < -0.4 is 11.0 Å². The maximum absolute atomic E-state index is 13.0. The summed E-state index contributed by atoms with van der Waals surface area (Å²) in [5.41, 5.74) is 3.71. The fourth-order valence-electron chi connectivity index (χ4n) is 3.94. The van der Waals surface area contributed by atoms with Crippen LogP contribution in [0.1, 0.15) is 24.4 Å². The van der Waals surface area contributed by atoms with E-state index in [1.54, 1.807) is 16.7 Å². The minimum atomic E-state index is -0.262. The fourth-order valence-corrected chi connectivity index (χ4v) is 4.07. The van der Waals surface area contributed by atoms with Gasteiger partial charge in [0.05, 0.1) is 0 Å². The van der Waals surface area contributed by atoms with E-state index in [0.717, 1.165) is 35.1 Å². The van der Waals surface area contributed by atoms with Crippen LogP contribution in [0.2, 0.25) is 5.02 Å². The molecule has 6 nitrogen and oxygen atoms in total. The van der Waals surface area contributed by atoms with Crippen molar-refractivity contribution in [1.29, 1.82) is 0 Å². The highest BCUT2D eigenvalue weighted by atomic mass is 35.5. The number of carbonyl (C=O) groups is 1. The zero-order valence-electron chi connectivity index (χ0n) is 17.9. The van der Waals surface area contributed by atoms with Gasteiger partial charge in [-0.3, -0.25) is 9.36 Å². The molecular weight excluding hydrogens is 436 g/mol. The number of rotatable bonds is 7. The Kier molecular flexibility index (Phi) is 5.84. The molecule has 7 heteroatoms. The first kappa shape index (κ1) is 21.2. The Labute approximate surface area is 196 Å². The van der Waals surface area contributed by atoms with Gasteiger partial charge in [-0.2, -0.15) is 0 Å². The molecule has 1 aliphatic rings. The van der Waals surface area contributed by atoms with Crippen LogP contribution in [-0.2, 0) is 17.9 Å². The molecule has 1 heterocycles. The minimum absolute atomic E-state index is 0.132. The summed E-state index contributed by atoms with van der Waals surface area (Å²) >= 11 is 6.01. The molecule has 0 radical (unpaired) electrons. The van der Waals surface area contributed by atoms with Crippen molar-refractivity contribution < 1.29 is 4.79 Å². The monoisotopic (exact) mass is 458 g/mol. The van der Waals surface area contributed by atoms with Crippen molar-refractivity contribution in [3.8, 4) is 22.5 Å². The largest absolute Gasteiger partial charge is 0.350 e. The summed E-state index contributed by atoms with van der Waals surface area (Å²) in [7, 11) is 0. The molecular formula is C26H23ClN4O2. The van der Waals surface area contributed by atoms with Crippen molar-refractivity contribution >= 4 is 17.5 Å². The highest BCUT2D eigenvalue weighted by Crippen LogP contribution is 2.36. The molecule has 33 heavy (non-hydrogen) atoms. The molecule has 0 aliphatic heterocycles. The highest BCUT2D eigenvalue weighted by molar-refractivity contribution is 6.30. The number of aromatic nitrogens is 3. The molecule has 0 unspecified atom stereocenters. The summed E-state index contributed by atoms with van der Waals surface area (Å²) in [6, 6.07) is 25.4. The summed E-state index contributed by atoms with van der Waals surface area (Å²) in [5, 5.41) is 8.05. The Morgan fingerprint density at radius 3 is 2.36 bits per heavy atom. The second-order valence-corrected chi connectivity index (χ2v) is 8.61. The lowest BCUT2D eigenvalue weighted by Gasteiger charge is -2.11. The summed E-state index contributed by atoms with van der Waals surface area (Å²) in [6.07, 6.45) is 1.88. The molecule has 1 fully saturated rings. The van der Waals surface area contributed by atoms with Crippen molar-refractivity contribution in [2.24, 2.45) is 0 Å². The van der Waals surface area contributed by atoms with Crippen molar-refractivity contribution in [1.82, 2.24) is 19.7 Å². The van der Waals surface area contributed by atoms with E-state index in [0.29, 0.717) is 17.4 Å². The van der Waals surface area contributed by atoms with E-state index in [-0.39, 0.29) is 24.2 Å². The van der Waals surface area contributed by atoms with Crippen molar-refractivity contribution in [3.05, 3.63) is 99.9 Å². The van der Waals surface area contributed by atoms with Crippen LogP contribution in [0.15, 0.2) is 83.7 Å². The van der Waals surface area contributed by atoms with Crippen molar-refractivity contribution in [2.45, 2.75) is 32.0 Å². The van der Waals surface area contributed by atoms with Gasteiger partial charge in [-0.1, -0.05) is 66.2 Å². The third-order valence-electron chi connectivity index (χ3n) is 5.76. The summed E-state index contributed by atoms with van der Waals surface area (Å²) in [6.45, 7) is 0.235. The van der Waals surface area contributed by atoms with E-state index in [2.05, 4.69) is 10.4 Å². The predicted octanol–water partition coefficient (Wildman–Crippen LogP) is 4.68. The van der Waals surface area contributed by atoms with Gasteiger partial charge in [0, 0.05) is 23.2 Å². The minimum Gasteiger partial charge on any atom is -0.350 e. The molecule has 1 amide bonds. The van der Waals surface area contributed by atoms with Gasteiger partial charge in [-0.25, -0.2) is 9.48 Å². The normalized spacial score (nSPS) is 13.1. The van der Waals surface area contributed by atoms with E-state index in [1.165, 1.54) is 4.68 Å². The van der Waals surface area contributed by atoms with Gasteiger partial charge in [0.25, 0.3) is 0 Å². The first-order chi connectivity index (χ1) is 16.1. The molecule has 1 aromatic heterocycles. The molecule has 3 aromatic carbocycles. The van der Waals surface area contributed by atoms with Crippen LogP contribution in [0.3, 0.4) is 0 Å². The molecule has 0 spiro atoms. The van der Waals surface area contributed by atoms with E-state index in [4.69, 9.17) is 11.6 Å². The molecule has 1 saturated carbocycles. The fraction of sp³-hybridized carbons (Fsp3) is 0.192. The lowest BCUT2D eigenvalue weighted by atomic mass is 10.00. The number of hydrogen-bond acceptors (Lipinski definition) is 3. The molecule has 4 aromatic rings. The lowest BCUT2D eigenvalue weighted by Crippen LogP contribution is -2.33. The van der Waals surface area contributed by atoms with Crippen LogP contribution in [0.5, 0.6) is 0 Å². The smallest absolute Gasteiger partial charge is 0.346 e. The average molecular weight is 459 g/mol. The summed E-state index contributed by atoms with van der Waals surface area (Å²) < 4.78 is 2.95. The molecule has 166 valence electrons. The Balaban J connectivity index is 1.34. The van der Waals surface area contributed by atoms with E-state index in [1.807, 2.05) is 66.7 Å². The Bertz CT molecular complexity index is 1340. The number of nitrogens with one attached hydrogen (secondary N) is 1. The number of benzene rings is 3. The molecule has 0 bridgehead atoms. The van der Waals surface area contributed by atoms with Crippen LogP contribution >= 0.6 is 11.6 Å². The topological polar surface area (TPSA) is 68.9 Å². The molecule has 1 aliphatic carbocycles. The number of hydrogen-bond donors (Lipinski definition) is 1. The highest BCUT2D eigenvalue weighted by Gasteiger charge is 2.30. The zero-order chi connectivity index (χ0) is 22.8. The van der Waals surface area contributed by atoms with E-state index < -0.39 is 0 Å². The maximum atomic E-state index is 13.0.